The van der Waals surface area contributed by atoms with Crippen LogP contribution in [0.3, 0.4) is 0 Å². The largest absolute Gasteiger partial charge is 0.436 e. The molecule has 0 bridgehead atoms. The van der Waals surface area contributed by atoms with Crippen molar-refractivity contribution in [1.82, 2.24) is 14.8 Å². The Morgan fingerprint density at radius 3 is 2.25 bits per heavy atom. The first-order valence-electron chi connectivity index (χ1n) is 9.71. The first kappa shape index (κ1) is 25.6. The van der Waals surface area contributed by atoms with E-state index in [-0.39, 0.29) is 26.3 Å². The van der Waals surface area contributed by atoms with Gasteiger partial charge in [0.15, 0.2) is 5.69 Å². The van der Waals surface area contributed by atoms with Gasteiger partial charge in [-0.2, -0.15) is 31.4 Å². The highest BCUT2D eigenvalue weighted by molar-refractivity contribution is 9.10. The fourth-order valence-corrected chi connectivity index (χ4v) is 5.23. The molecule has 1 aromatic carbocycles. The van der Waals surface area contributed by atoms with Crippen LogP contribution in [-0.4, -0.2) is 26.6 Å². The summed E-state index contributed by atoms with van der Waals surface area (Å²) in [6.07, 6.45) is -9.70. The summed E-state index contributed by atoms with van der Waals surface area (Å²) < 4.78 is 80.4. The molecule has 2 amide bonds. The number of primary amides is 1. The number of carbonyl (C=O) groups excluding carboxylic acids is 2. The standard InChI is InChI=1S/C21H12BrF6N5O2S/c1-33-14(12(22)16(32-33)21(26,27)28)18(35)31-13-11-9(8-5-3-2-4-6-8)7-10(20(23,24)25)30-19(11)36-15(13)17(29)34/h2-7H,1H3,(H2,29,34)(H,31,35). The minimum Gasteiger partial charge on any atom is -0.365 e. The van der Waals surface area contributed by atoms with Gasteiger partial charge in [-0.25, -0.2) is 4.98 Å². The Morgan fingerprint density at radius 2 is 1.72 bits per heavy atom. The highest BCUT2D eigenvalue weighted by Gasteiger charge is 2.40. The topological polar surface area (TPSA) is 103 Å². The monoisotopic (exact) mass is 591 g/mol. The predicted octanol–water partition coefficient (Wildman–Crippen LogP) is 5.85. The van der Waals surface area contributed by atoms with Crippen molar-refractivity contribution in [2.24, 2.45) is 12.8 Å². The van der Waals surface area contributed by atoms with Gasteiger partial charge in [0.25, 0.3) is 11.8 Å². The number of carbonyl (C=O) groups is 2. The molecule has 3 heterocycles. The van der Waals surface area contributed by atoms with Crippen molar-refractivity contribution < 1.29 is 35.9 Å². The van der Waals surface area contributed by atoms with E-state index < -0.39 is 45.7 Å². The number of rotatable bonds is 4. The molecule has 0 fully saturated rings. The summed E-state index contributed by atoms with van der Waals surface area (Å²) in [5, 5.41) is 5.62. The second kappa shape index (κ2) is 8.89. The van der Waals surface area contributed by atoms with Crippen molar-refractivity contribution in [3.05, 3.63) is 62.8 Å². The van der Waals surface area contributed by atoms with Crippen molar-refractivity contribution in [3.63, 3.8) is 0 Å². The minimum atomic E-state index is -4.87. The molecule has 188 valence electrons. The number of hydrogen-bond donors (Lipinski definition) is 2. The quantitative estimate of drug-likeness (QED) is 0.291. The van der Waals surface area contributed by atoms with E-state index in [9.17, 15) is 35.9 Å². The Kier molecular flexibility index (Phi) is 6.33. The van der Waals surface area contributed by atoms with Gasteiger partial charge >= 0.3 is 12.4 Å². The summed E-state index contributed by atoms with van der Waals surface area (Å²) >= 11 is 3.24. The predicted molar refractivity (Wildman–Crippen MR) is 122 cm³/mol. The maximum atomic E-state index is 13.6. The number of benzene rings is 1. The van der Waals surface area contributed by atoms with Gasteiger partial charge in [-0.1, -0.05) is 30.3 Å². The molecule has 3 aromatic heterocycles. The third-order valence-electron chi connectivity index (χ3n) is 4.97. The van der Waals surface area contributed by atoms with Crippen molar-refractivity contribution in [1.29, 1.82) is 0 Å². The van der Waals surface area contributed by atoms with Crippen LogP contribution in [0.15, 0.2) is 40.9 Å². The number of alkyl halides is 6. The van der Waals surface area contributed by atoms with Crippen LogP contribution in [0.4, 0.5) is 32.0 Å². The summed E-state index contributed by atoms with van der Waals surface area (Å²) in [6, 6.07) is 8.55. The number of halogens is 7. The maximum Gasteiger partial charge on any atom is 0.436 e. The van der Waals surface area contributed by atoms with E-state index in [1.54, 1.807) is 18.2 Å². The van der Waals surface area contributed by atoms with E-state index >= 15 is 0 Å². The minimum absolute atomic E-state index is 0.0213. The third kappa shape index (κ3) is 4.55. The summed E-state index contributed by atoms with van der Waals surface area (Å²) in [5.74, 6) is -2.20. The highest BCUT2D eigenvalue weighted by atomic mass is 79.9. The van der Waals surface area contributed by atoms with E-state index in [2.05, 4.69) is 31.3 Å². The molecule has 15 heteroatoms. The Labute approximate surface area is 210 Å². The lowest BCUT2D eigenvalue weighted by Gasteiger charge is -2.12. The summed E-state index contributed by atoms with van der Waals surface area (Å²) in [4.78, 5) is 28.2. The van der Waals surface area contributed by atoms with E-state index in [0.717, 1.165) is 13.1 Å². The Balaban J connectivity index is 1.96. The van der Waals surface area contributed by atoms with Gasteiger partial charge in [-0.3, -0.25) is 14.3 Å². The molecule has 0 aliphatic carbocycles. The van der Waals surface area contributed by atoms with Gasteiger partial charge in [-0.05, 0) is 33.1 Å². The number of amides is 2. The maximum absolute atomic E-state index is 13.6. The molecule has 0 unspecified atom stereocenters. The molecular formula is C21H12BrF6N5O2S. The van der Waals surface area contributed by atoms with Crippen LogP contribution in [0.5, 0.6) is 0 Å². The molecule has 0 saturated heterocycles. The van der Waals surface area contributed by atoms with Gasteiger partial charge in [0.05, 0.1) is 10.2 Å². The lowest BCUT2D eigenvalue weighted by atomic mass is 10.0. The zero-order chi connectivity index (χ0) is 26.6. The SMILES string of the molecule is Cn1nc(C(F)(F)F)c(Br)c1C(=O)Nc1c(C(N)=O)sc2nc(C(F)(F)F)cc(-c3ccccc3)c12. The Morgan fingerprint density at radius 1 is 1.08 bits per heavy atom. The normalized spacial score (nSPS) is 12.2. The second-order valence-corrected chi connectivity index (χ2v) is 9.15. The molecule has 7 nitrogen and oxygen atoms in total. The van der Waals surface area contributed by atoms with Crippen LogP contribution in [-0.2, 0) is 19.4 Å². The van der Waals surface area contributed by atoms with E-state index in [1.807, 2.05) is 0 Å². The zero-order valence-electron chi connectivity index (χ0n) is 17.8. The van der Waals surface area contributed by atoms with E-state index in [0.29, 0.717) is 21.6 Å². The van der Waals surface area contributed by atoms with Crippen LogP contribution in [0.1, 0.15) is 31.5 Å². The van der Waals surface area contributed by atoms with Gasteiger partial charge in [0.1, 0.15) is 21.1 Å². The molecule has 3 N–H and O–H groups in total. The number of nitrogens with zero attached hydrogens (tertiary/aromatic N) is 3. The first-order valence-corrected chi connectivity index (χ1v) is 11.3. The van der Waals surface area contributed by atoms with Crippen LogP contribution < -0.4 is 11.1 Å². The summed E-state index contributed by atoms with van der Waals surface area (Å²) in [7, 11) is 1.10. The number of pyridine rings is 1. The average Bonchev–Trinajstić information content (AvgIpc) is 3.30. The number of aromatic nitrogens is 3. The number of anilines is 1. The molecule has 36 heavy (non-hydrogen) atoms. The molecule has 4 aromatic rings. The molecule has 4 rings (SSSR count). The fraction of sp³-hybridized carbons (Fsp3) is 0.143. The van der Waals surface area contributed by atoms with Gasteiger partial charge in [0, 0.05) is 12.4 Å². The van der Waals surface area contributed by atoms with Crippen molar-refractivity contribution in [2.75, 3.05) is 5.32 Å². The molecule has 0 saturated carbocycles. The molecule has 0 spiro atoms. The van der Waals surface area contributed by atoms with Gasteiger partial charge in [-0.15, -0.1) is 11.3 Å². The number of fused-ring (bicyclic) bond motifs is 1. The zero-order valence-corrected chi connectivity index (χ0v) is 20.2. The summed E-state index contributed by atoms with van der Waals surface area (Å²) in [6.45, 7) is 0. The number of aryl methyl sites for hydroxylation is 1. The van der Waals surface area contributed by atoms with E-state index in [4.69, 9.17) is 5.73 Å². The second-order valence-electron chi connectivity index (χ2n) is 7.36. The number of hydrogen-bond acceptors (Lipinski definition) is 5. The Bertz CT molecular complexity index is 1510. The van der Waals surface area contributed by atoms with E-state index in [1.165, 1.54) is 12.1 Å². The third-order valence-corrected chi connectivity index (χ3v) is 6.82. The number of nitrogens with two attached hydrogens (primary N) is 1. The first-order chi connectivity index (χ1) is 16.7. The van der Waals surface area contributed by atoms with Crippen molar-refractivity contribution >= 4 is 55.0 Å². The van der Waals surface area contributed by atoms with Crippen LogP contribution in [0.25, 0.3) is 21.3 Å². The summed E-state index contributed by atoms with van der Waals surface area (Å²) in [5.41, 5.74) is 2.28. The number of thiophene rings is 1. The van der Waals surface area contributed by atoms with Crippen molar-refractivity contribution in [2.45, 2.75) is 12.4 Å². The molecule has 0 aliphatic rings. The molecule has 0 radical (unpaired) electrons. The smallest absolute Gasteiger partial charge is 0.365 e. The van der Waals surface area contributed by atoms with Crippen LogP contribution >= 0.6 is 27.3 Å². The van der Waals surface area contributed by atoms with Crippen LogP contribution in [0.2, 0.25) is 0 Å². The molecule has 0 aliphatic heterocycles. The average molecular weight is 592 g/mol. The molecular weight excluding hydrogens is 580 g/mol. The van der Waals surface area contributed by atoms with Gasteiger partial charge in [0.2, 0.25) is 0 Å². The lowest BCUT2D eigenvalue weighted by Crippen LogP contribution is -2.19. The molecule has 0 atom stereocenters. The van der Waals surface area contributed by atoms with Crippen molar-refractivity contribution in [3.8, 4) is 11.1 Å². The van der Waals surface area contributed by atoms with Gasteiger partial charge < -0.3 is 11.1 Å². The highest BCUT2D eigenvalue weighted by Crippen LogP contribution is 2.44. The van der Waals surface area contributed by atoms with Crippen LogP contribution in [0, 0.1) is 0 Å². The fourth-order valence-electron chi connectivity index (χ4n) is 3.48. The Hall–Kier alpha value is -3.46. The lowest BCUT2D eigenvalue weighted by molar-refractivity contribution is -0.142. The number of nitrogens with one attached hydrogen (secondary N) is 1.